The Kier molecular flexibility index (Phi) is 9.32. The summed E-state index contributed by atoms with van der Waals surface area (Å²) in [6.07, 6.45) is 4.74. The minimum absolute atomic E-state index is 0.0136. The molecule has 0 unspecified atom stereocenters. The molecule has 1 saturated heterocycles. The Labute approximate surface area is 272 Å². The lowest BCUT2D eigenvalue weighted by molar-refractivity contribution is -0.111. The maximum Gasteiger partial charge on any atom is 0.264 e. The second-order valence-electron chi connectivity index (χ2n) is 10.7. The van der Waals surface area contributed by atoms with Crippen LogP contribution in [0.4, 0.5) is 21.5 Å². The highest BCUT2D eigenvalue weighted by atomic mass is 32.2. The highest BCUT2D eigenvalue weighted by molar-refractivity contribution is 7.92. The Bertz CT molecular complexity index is 1990. The average molecular weight is 654 g/mol. The Morgan fingerprint density at radius 1 is 0.936 bits per heavy atom. The molecule has 0 radical (unpaired) electrons. The molecule has 47 heavy (non-hydrogen) atoms. The number of amides is 1. The van der Waals surface area contributed by atoms with Gasteiger partial charge in [0.25, 0.3) is 10.0 Å². The summed E-state index contributed by atoms with van der Waals surface area (Å²) in [6, 6.07) is 26.8. The summed E-state index contributed by atoms with van der Waals surface area (Å²) >= 11 is 0. The molecule has 4 aromatic carbocycles. The number of carbonyl (C=O) groups is 1. The maximum atomic E-state index is 13.7. The fourth-order valence-corrected chi connectivity index (χ4v) is 6.46. The molecule has 0 atom stereocenters. The van der Waals surface area contributed by atoms with Crippen molar-refractivity contribution < 1.29 is 27.1 Å². The first-order valence-electron chi connectivity index (χ1n) is 14.8. The molecule has 0 saturated carbocycles. The first-order chi connectivity index (χ1) is 22.8. The fraction of sp³-hybridized carbons (Fsp3) is 0.143. The van der Waals surface area contributed by atoms with Crippen LogP contribution in [0.15, 0.2) is 114 Å². The average Bonchev–Trinajstić information content (AvgIpc) is 3.53. The third-order valence-corrected chi connectivity index (χ3v) is 8.92. The summed E-state index contributed by atoms with van der Waals surface area (Å²) < 4.78 is 56.1. The van der Waals surface area contributed by atoms with Gasteiger partial charge in [-0.2, -0.15) is 5.10 Å². The smallest absolute Gasteiger partial charge is 0.264 e. The lowest BCUT2D eigenvalue weighted by Crippen LogP contribution is -2.37. The second-order valence-corrected chi connectivity index (χ2v) is 12.3. The first-order valence-corrected chi connectivity index (χ1v) is 16.3. The molecule has 0 bridgehead atoms. The summed E-state index contributed by atoms with van der Waals surface area (Å²) in [5.74, 6) is -0.252. The predicted molar refractivity (Wildman–Crippen MR) is 180 cm³/mol. The molecule has 0 spiro atoms. The van der Waals surface area contributed by atoms with Crippen LogP contribution >= 0.6 is 0 Å². The van der Waals surface area contributed by atoms with E-state index >= 15 is 0 Å². The molecule has 1 amide bonds. The standard InChI is InChI=1S/C35H32FN5O5S/c1-45-31-15-12-28(13-16-31)39-47(43,44)33-23-29(14-17-32(33)40-19-21-46-22-20-40)37-34(42)18-9-26-24-41(30-5-3-2-4-6-30)38-35(26)25-7-10-27(36)11-8-25/h2-18,23-24,39H,19-22H2,1H3,(H,37,42)/b18-9+. The van der Waals surface area contributed by atoms with Gasteiger partial charge in [0.05, 0.1) is 37.4 Å². The van der Waals surface area contributed by atoms with Crippen LogP contribution in [-0.2, 0) is 19.6 Å². The Morgan fingerprint density at radius 3 is 2.34 bits per heavy atom. The predicted octanol–water partition coefficient (Wildman–Crippen LogP) is 5.98. The number of sulfonamides is 1. The number of benzene rings is 4. The molecule has 0 aliphatic carbocycles. The second kappa shape index (κ2) is 13.9. The molecule has 1 fully saturated rings. The minimum atomic E-state index is -4.07. The van der Waals surface area contributed by atoms with Crippen LogP contribution < -0.4 is 19.7 Å². The Hall–Kier alpha value is -5.46. The third-order valence-electron chi connectivity index (χ3n) is 7.51. The van der Waals surface area contributed by atoms with Crippen molar-refractivity contribution in [3.05, 3.63) is 121 Å². The van der Waals surface area contributed by atoms with Crippen molar-refractivity contribution in [3.63, 3.8) is 0 Å². The van der Waals surface area contributed by atoms with Crippen molar-refractivity contribution in [2.24, 2.45) is 0 Å². The molecule has 1 aliphatic rings. The van der Waals surface area contributed by atoms with Crippen LogP contribution in [0.3, 0.4) is 0 Å². The van der Waals surface area contributed by atoms with Gasteiger partial charge in [-0.05, 0) is 84.9 Å². The number of nitrogens with one attached hydrogen (secondary N) is 2. The van der Waals surface area contributed by atoms with Crippen molar-refractivity contribution >= 4 is 39.1 Å². The largest absolute Gasteiger partial charge is 0.497 e. The van der Waals surface area contributed by atoms with Gasteiger partial charge in [-0.15, -0.1) is 0 Å². The summed E-state index contributed by atoms with van der Waals surface area (Å²) in [6.45, 7) is 1.98. The van der Waals surface area contributed by atoms with E-state index in [9.17, 15) is 17.6 Å². The van der Waals surface area contributed by atoms with Crippen LogP contribution in [0.2, 0.25) is 0 Å². The molecule has 2 N–H and O–H groups in total. The first kappa shape index (κ1) is 31.5. The SMILES string of the molecule is COc1ccc(NS(=O)(=O)c2cc(NC(=O)/C=C/c3cn(-c4ccccc4)nc3-c3ccc(F)cc3)ccc2N2CCOCC2)cc1. The van der Waals surface area contributed by atoms with E-state index in [1.165, 1.54) is 31.4 Å². The number of hydrogen-bond acceptors (Lipinski definition) is 7. The highest BCUT2D eigenvalue weighted by Gasteiger charge is 2.25. The van der Waals surface area contributed by atoms with Crippen LogP contribution in [0.1, 0.15) is 5.56 Å². The fourth-order valence-electron chi connectivity index (χ4n) is 5.15. The van der Waals surface area contributed by atoms with Gasteiger partial charge < -0.3 is 19.7 Å². The zero-order chi connectivity index (χ0) is 32.8. The number of para-hydroxylation sites is 1. The summed E-state index contributed by atoms with van der Waals surface area (Å²) in [4.78, 5) is 15.1. The van der Waals surface area contributed by atoms with Gasteiger partial charge in [0.2, 0.25) is 5.91 Å². The molecule has 1 aromatic heterocycles. The van der Waals surface area contributed by atoms with Gasteiger partial charge in [-0.1, -0.05) is 18.2 Å². The number of aromatic nitrogens is 2. The summed E-state index contributed by atoms with van der Waals surface area (Å²) in [5, 5.41) is 7.48. The number of halogens is 1. The van der Waals surface area contributed by atoms with E-state index in [1.807, 2.05) is 35.2 Å². The topological polar surface area (TPSA) is 115 Å². The molecule has 6 rings (SSSR count). The number of hydrogen-bond donors (Lipinski definition) is 2. The molecule has 12 heteroatoms. The molecule has 2 heterocycles. The zero-order valence-corrected chi connectivity index (χ0v) is 26.3. The Balaban J connectivity index is 1.28. The highest BCUT2D eigenvalue weighted by Crippen LogP contribution is 2.31. The molecule has 10 nitrogen and oxygen atoms in total. The van der Waals surface area contributed by atoms with Crippen molar-refractivity contribution in [1.29, 1.82) is 0 Å². The van der Waals surface area contributed by atoms with Gasteiger partial charge in [0, 0.05) is 47.9 Å². The molecule has 1 aliphatic heterocycles. The Morgan fingerprint density at radius 2 is 1.64 bits per heavy atom. The van der Waals surface area contributed by atoms with Crippen molar-refractivity contribution in [3.8, 4) is 22.7 Å². The quantitative estimate of drug-likeness (QED) is 0.178. The minimum Gasteiger partial charge on any atom is -0.497 e. The number of carbonyl (C=O) groups excluding carboxylic acids is 1. The van der Waals surface area contributed by atoms with Gasteiger partial charge in [-0.25, -0.2) is 17.5 Å². The van der Waals surface area contributed by atoms with E-state index in [1.54, 1.807) is 65.5 Å². The number of anilines is 3. The van der Waals surface area contributed by atoms with Crippen LogP contribution in [-0.4, -0.2) is 57.5 Å². The van der Waals surface area contributed by atoms with E-state index in [4.69, 9.17) is 14.6 Å². The lowest BCUT2D eigenvalue weighted by atomic mass is 10.1. The van der Waals surface area contributed by atoms with E-state index in [0.29, 0.717) is 65.9 Å². The van der Waals surface area contributed by atoms with Gasteiger partial charge in [0.1, 0.15) is 16.5 Å². The molecule has 240 valence electrons. The number of nitrogens with zero attached hydrogens (tertiary/aromatic N) is 3. The van der Waals surface area contributed by atoms with Gasteiger partial charge >= 0.3 is 0 Å². The van der Waals surface area contributed by atoms with E-state index in [2.05, 4.69) is 10.0 Å². The maximum absolute atomic E-state index is 13.7. The number of rotatable bonds is 10. The van der Waals surface area contributed by atoms with Crippen LogP contribution in [0.25, 0.3) is 23.0 Å². The van der Waals surface area contributed by atoms with Crippen LogP contribution in [0.5, 0.6) is 5.75 Å². The van der Waals surface area contributed by atoms with Crippen LogP contribution in [0, 0.1) is 5.82 Å². The summed E-state index contributed by atoms with van der Waals surface area (Å²) in [5.41, 5.74) is 3.85. The number of morpholine rings is 1. The lowest BCUT2D eigenvalue weighted by Gasteiger charge is -2.30. The molecular weight excluding hydrogens is 621 g/mol. The third kappa shape index (κ3) is 7.51. The molecule has 5 aromatic rings. The number of methoxy groups -OCH3 is 1. The number of ether oxygens (including phenoxy) is 2. The van der Waals surface area contributed by atoms with E-state index in [-0.39, 0.29) is 10.7 Å². The van der Waals surface area contributed by atoms with E-state index < -0.39 is 15.9 Å². The normalized spacial score (nSPS) is 13.4. The van der Waals surface area contributed by atoms with Crippen molar-refractivity contribution in [2.75, 3.05) is 48.4 Å². The summed E-state index contributed by atoms with van der Waals surface area (Å²) in [7, 11) is -2.54. The van der Waals surface area contributed by atoms with Gasteiger partial charge in [-0.3, -0.25) is 9.52 Å². The monoisotopic (exact) mass is 653 g/mol. The zero-order valence-electron chi connectivity index (χ0n) is 25.5. The van der Waals surface area contributed by atoms with Gasteiger partial charge in [0.15, 0.2) is 0 Å². The van der Waals surface area contributed by atoms with Crippen molar-refractivity contribution in [1.82, 2.24) is 9.78 Å². The van der Waals surface area contributed by atoms with Crippen molar-refractivity contribution in [2.45, 2.75) is 4.90 Å². The molecular formula is C35H32FN5O5S. The van der Waals surface area contributed by atoms with E-state index in [0.717, 1.165) is 5.69 Å².